The van der Waals surface area contributed by atoms with E-state index in [1.807, 2.05) is 13.8 Å². The zero-order chi connectivity index (χ0) is 20.3. The topological polar surface area (TPSA) is 88.4 Å². The molecule has 0 spiro atoms. The highest BCUT2D eigenvalue weighted by molar-refractivity contribution is 7.99. The Morgan fingerprint density at radius 2 is 1.96 bits per heavy atom. The average Bonchev–Trinajstić information content (AvgIpc) is 3.03. The third-order valence-electron chi connectivity index (χ3n) is 3.59. The monoisotopic (exact) mass is 437 g/mol. The maximum absolute atomic E-state index is 12.4. The number of pyridine rings is 1. The molecule has 7 nitrogen and oxygen atoms in total. The fraction of sp³-hybridized carbons (Fsp3) is 0.222. The number of aromatic nitrogens is 3. The molecular formula is C18H17Cl2N5O2S. The summed E-state index contributed by atoms with van der Waals surface area (Å²) in [5, 5.41) is 14.9. The third-order valence-corrected chi connectivity index (χ3v) is 5.02. The molecule has 2 heterocycles. The third kappa shape index (κ3) is 4.76. The van der Waals surface area contributed by atoms with Crippen molar-refractivity contribution in [1.29, 1.82) is 0 Å². The molecule has 0 fully saturated rings. The van der Waals surface area contributed by atoms with Gasteiger partial charge < -0.3 is 10.6 Å². The number of carbonyl (C=O) groups is 2. The number of amides is 2. The van der Waals surface area contributed by atoms with Crippen molar-refractivity contribution in [3.8, 4) is 0 Å². The average molecular weight is 438 g/mol. The van der Waals surface area contributed by atoms with E-state index in [-0.39, 0.29) is 23.6 Å². The fourth-order valence-electron chi connectivity index (χ4n) is 2.45. The fourth-order valence-corrected chi connectivity index (χ4v) is 3.67. The first kappa shape index (κ1) is 20.4. The molecule has 0 bridgehead atoms. The number of thioether (sulfide) groups is 1. The Labute approximate surface area is 175 Å². The maximum atomic E-state index is 12.4. The smallest absolute Gasteiger partial charge is 0.253 e. The van der Waals surface area contributed by atoms with Crippen LogP contribution in [0.2, 0.25) is 10.0 Å². The van der Waals surface area contributed by atoms with Crippen LogP contribution in [0.25, 0.3) is 5.65 Å². The van der Waals surface area contributed by atoms with Gasteiger partial charge in [0.25, 0.3) is 5.91 Å². The second-order valence-electron chi connectivity index (χ2n) is 6.19. The molecule has 1 aromatic carbocycles. The van der Waals surface area contributed by atoms with Gasteiger partial charge in [-0.3, -0.25) is 14.0 Å². The SMILES string of the molecule is CC(C)NC(=O)c1ccccc1NC(=O)CSc1nnc2c(Cl)cc(Cl)cn12. The minimum absolute atomic E-state index is 0.00770. The van der Waals surface area contributed by atoms with E-state index in [1.165, 1.54) is 11.8 Å². The van der Waals surface area contributed by atoms with Crippen LogP contribution >= 0.6 is 35.0 Å². The molecule has 0 atom stereocenters. The summed E-state index contributed by atoms with van der Waals surface area (Å²) in [6, 6.07) is 8.42. The summed E-state index contributed by atoms with van der Waals surface area (Å²) in [4.78, 5) is 24.7. The number of para-hydroxylation sites is 1. The lowest BCUT2D eigenvalue weighted by Crippen LogP contribution is -2.31. The molecule has 146 valence electrons. The molecular weight excluding hydrogens is 421 g/mol. The van der Waals surface area contributed by atoms with E-state index in [4.69, 9.17) is 23.2 Å². The molecule has 28 heavy (non-hydrogen) atoms. The predicted molar refractivity (Wildman–Crippen MR) is 111 cm³/mol. The second-order valence-corrected chi connectivity index (χ2v) is 7.98. The van der Waals surface area contributed by atoms with Crippen LogP contribution in [0.5, 0.6) is 0 Å². The highest BCUT2D eigenvalue weighted by Gasteiger charge is 2.16. The number of hydrogen-bond acceptors (Lipinski definition) is 5. The lowest BCUT2D eigenvalue weighted by atomic mass is 10.1. The molecule has 2 aromatic heterocycles. The molecule has 2 N–H and O–H groups in total. The number of benzene rings is 1. The number of halogens is 2. The molecule has 3 aromatic rings. The summed E-state index contributed by atoms with van der Waals surface area (Å²) < 4.78 is 1.63. The van der Waals surface area contributed by atoms with Crippen LogP contribution in [0, 0.1) is 0 Å². The quantitative estimate of drug-likeness (QED) is 0.570. The van der Waals surface area contributed by atoms with Crippen LogP contribution in [-0.4, -0.2) is 38.2 Å². The summed E-state index contributed by atoms with van der Waals surface area (Å²) in [5.74, 6) is -0.448. The number of rotatable bonds is 6. The van der Waals surface area contributed by atoms with Crippen molar-refractivity contribution < 1.29 is 9.59 Å². The first-order chi connectivity index (χ1) is 13.3. The van der Waals surface area contributed by atoms with E-state index in [0.717, 1.165) is 0 Å². The van der Waals surface area contributed by atoms with E-state index in [1.54, 1.807) is 40.9 Å². The Bertz CT molecular complexity index is 1040. The maximum Gasteiger partial charge on any atom is 0.253 e. The van der Waals surface area contributed by atoms with Gasteiger partial charge in [0.1, 0.15) is 0 Å². The first-order valence-electron chi connectivity index (χ1n) is 8.37. The van der Waals surface area contributed by atoms with Crippen LogP contribution < -0.4 is 10.6 Å². The van der Waals surface area contributed by atoms with E-state index >= 15 is 0 Å². The van der Waals surface area contributed by atoms with Gasteiger partial charge in [-0.05, 0) is 32.0 Å². The summed E-state index contributed by atoms with van der Waals surface area (Å²) in [5.41, 5.74) is 1.31. The van der Waals surface area contributed by atoms with Crippen LogP contribution in [0.1, 0.15) is 24.2 Å². The van der Waals surface area contributed by atoms with E-state index in [2.05, 4.69) is 20.8 Å². The van der Waals surface area contributed by atoms with Crippen LogP contribution in [-0.2, 0) is 4.79 Å². The van der Waals surface area contributed by atoms with Gasteiger partial charge >= 0.3 is 0 Å². The highest BCUT2D eigenvalue weighted by atomic mass is 35.5. The Morgan fingerprint density at radius 3 is 2.71 bits per heavy atom. The van der Waals surface area contributed by atoms with E-state index in [9.17, 15) is 9.59 Å². The van der Waals surface area contributed by atoms with Crippen LogP contribution in [0.15, 0.2) is 41.7 Å². The molecule has 2 amide bonds. The summed E-state index contributed by atoms with van der Waals surface area (Å²) in [6.07, 6.45) is 1.63. The van der Waals surface area contributed by atoms with Crippen molar-refractivity contribution in [3.63, 3.8) is 0 Å². The highest BCUT2D eigenvalue weighted by Crippen LogP contribution is 2.25. The van der Waals surface area contributed by atoms with Gasteiger partial charge in [0.15, 0.2) is 10.8 Å². The van der Waals surface area contributed by atoms with Crippen molar-refractivity contribution in [2.75, 3.05) is 11.1 Å². The normalized spacial score (nSPS) is 11.0. The number of nitrogens with one attached hydrogen (secondary N) is 2. The molecule has 0 unspecified atom stereocenters. The Morgan fingerprint density at radius 1 is 1.21 bits per heavy atom. The summed E-state index contributed by atoms with van der Waals surface area (Å²) in [7, 11) is 0. The lowest BCUT2D eigenvalue weighted by molar-refractivity contribution is -0.113. The molecule has 0 aliphatic carbocycles. The zero-order valence-corrected chi connectivity index (χ0v) is 17.4. The van der Waals surface area contributed by atoms with Crippen LogP contribution in [0.4, 0.5) is 5.69 Å². The molecule has 10 heteroatoms. The van der Waals surface area contributed by atoms with E-state index in [0.29, 0.717) is 32.1 Å². The molecule has 0 saturated carbocycles. The molecule has 0 aliphatic heterocycles. The largest absolute Gasteiger partial charge is 0.350 e. The number of nitrogens with zero attached hydrogens (tertiary/aromatic N) is 3. The summed E-state index contributed by atoms with van der Waals surface area (Å²) in [6.45, 7) is 3.74. The van der Waals surface area contributed by atoms with Gasteiger partial charge in [0, 0.05) is 12.2 Å². The van der Waals surface area contributed by atoms with Gasteiger partial charge in [0.2, 0.25) is 5.91 Å². The minimum atomic E-state index is -0.278. The van der Waals surface area contributed by atoms with E-state index < -0.39 is 0 Å². The first-order valence-corrected chi connectivity index (χ1v) is 10.1. The minimum Gasteiger partial charge on any atom is -0.350 e. The standard InChI is InChI=1S/C18H17Cl2N5O2S/c1-10(2)21-17(27)12-5-3-4-6-14(12)22-15(26)9-28-18-24-23-16-13(20)7-11(19)8-25(16)18/h3-8,10H,9H2,1-2H3,(H,21,27)(H,22,26). The van der Waals surface area contributed by atoms with Crippen LogP contribution in [0.3, 0.4) is 0 Å². The van der Waals surface area contributed by atoms with Crippen molar-refractivity contribution >= 4 is 58.1 Å². The van der Waals surface area contributed by atoms with Gasteiger partial charge in [-0.15, -0.1) is 10.2 Å². The molecule has 3 rings (SSSR count). The van der Waals surface area contributed by atoms with Crippen molar-refractivity contribution in [1.82, 2.24) is 19.9 Å². The van der Waals surface area contributed by atoms with Crippen molar-refractivity contribution in [2.45, 2.75) is 25.0 Å². The molecule has 0 aliphatic rings. The zero-order valence-electron chi connectivity index (χ0n) is 15.1. The predicted octanol–water partition coefficient (Wildman–Crippen LogP) is 3.91. The Balaban J connectivity index is 1.70. The Hall–Kier alpha value is -2.29. The van der Waals surface area contributed by atoms with Gasteiger partial charge in [0.05, 0.1) is 27.0 Å². The van der Waals surface area contributed by atoms with Gasteiger partial charge in [-0.25, -0.2) is 0 Å². The van der Waals surface area contributed by atoms with Gasteiger partial charge in [-0.2, -0.15) is 0 Å². The lowest BCUT2D eigenvalue weighted by Gasteiger charge is -2.13. The number of fused-ring (bicyclic) bond motifs is 1. The van der Waals surface area contributed by atoms with Crippen molar-refractivity contribution in [2.24, 2.45) is 0 Å². The number of anilines is 1. The second kappa shape index (κ2) is 8.81. The number of carbonyl (C=O) groups excluding carboxylic acids is 2. The van der Waals surface area contributed by atoms with Gasteiger partial charge in [-0.1, -0.05) is 47.1 Å². The molecule has 0 radical (unpaired) electrons. The summed E-state index contributed by atoms with van der Waals surface area (Å²) >= 11 is 13.3. The molecule has 0 saturated heterocycles. The number of hydrogen-bond donors (Lipinski definition) is 2. The van der Waals surface area contributed by atoms with Crippen molar-refractivity contribution in [3.05, 3.63) is 52.1 Å². The Kier molecular flexibility index (Phi) is 6.43.